The second-order valence-electron chi connectivity index (χ2n) is 5.07. The van der Waals surface area contributed by atoms with Crippen molar-refractivity contribution in [3.05, 3.63) is 78.4 Å². The van der Waals surface area contributed by atoms with Gasteiger partial charge in [-0.15, -0.1) is 0 Å². The third kappa shape index (κ3) is 9.47. The Kier molecular flexibility index (Phi) is 13.9. The Morgan fingerprint density at radius 2 is 1.88 bits per heavy atom. The van der Waals surface area contributed by atoms with Crippen LogP contribution in [0.3, 0.4) is 0 Å². The molecule has 24 heavy (non-hydrogen) atoms. The van der Waals surface area contributed by atoms with E-state index < -0.39 is 9.04 Å². The predicted octanol–water partition coefficient (Wildman–Crippen LogP) is 7.15. The van der Waals surface area contributed by atoms with Gasteiger partial charge in [-0.1, -0.05) is 75.6 Å². The number of hydrogen-bond acceptors (Lipinski definition) is 1. The topological polar surface area (TPSA) is 12.0 Å². The molecule has 3 heteroatoms. The number of nitrogens with one attached hydrogen (secondary N) is 1. The van der Waals surface area contributed by atoms with E-state index in [1.54, 1.807) is 0 Å². The molecule has 1 aromatic rings. The molecule has 0 bridgehead atoms. The van der Waals surface area contributed by atoms with E-state index in [1.807, 2.05) is 45.1 Å². The zero-order chi connectivity index (χ0) is 18.2. The maximum atomic E-state index is 12.2. The molecule has 0 aliphatic heterocycles. The summed E-state index contributed by atoms with van der Waals surface area (Å²) in [6, 6.07) is 8.17. The van der Waals surface area contributed by atoms with Gasteiger partial charge in [0, 0.05) is 5.70 Å². The number of halogens is 1. The average Bonchev–Trinajstić information content (AvgIpc) is 2.63. The quantitative estimate of drug-likeness (QED) is 0.269. The Hall–Kier alpha value is -1.66. The van der Waals surface area contributed by atoms with Crippen LogP contribution in [0.4, 0.5) is 4.20 Å². The number of benzene rings is 1. The van der Waals surface area contributed by atoms with Gasteiger partial charge in [0.25, 0.3) is 0 Å². The van der Waals surface area contributed by atoms with Crippen molar-refractivity contribution in [2.45, 2.75) is 46.5 Å². The van der Waals surface area contributed by atoms with Gasteiger partial charge in [-0.25, -0.2) is 4.20 Å². The monoisotopic (exact) mass is 347 g/mol. The minimum Gasteiger partial charge on any atom is -0.341 e. The Morgan fingerprint density at radius 1 is 1.21 bits per heavy atom. The molecule has 0 heterocycles. The standard InChI is InChI=1S/C19H25FNP.C2H6/c1-4-6-9-17(5-2)10-7-8-11-18-12-14-19(15-13-18)16(3)21-22-20;1-2/h4-6,9,12-15,21-22H,2-3,7-8,10-11H2,1H3;1-2H3/b6-4-,17-9+;. The minimum absolute atomic E-state index is 0.636. The maximum absolute atomic E-state index is 12.2. The van der Waals surface area contributed by atoms with Crippen molar-refractivity contribution in [1.29, 1.82) is 0 Å². The third-order valence-corrected chi connectivity index (χ3v) is 3.84. The minimum atomic E-state index is -0.810. The highest BCUT2D eigenvalue weighted by Crippen LogP contribution is 2.18. The Bertz CT molecular complexity index is 529. The second-order valence-corrected chi connectivity index (χ2v) is 5.51. The lowest BCUT2D eigenvalue weighted by Gasteiger charge is -2.07. The molecule has 0 aromatic heterocycles. The average molecular weight is 347 g/mol. The van der Waals surface area contributed by atoms with Gasteiger partial charge in [0.05, 0.1) is 0 Å². The highest BCUT2D eigenvalue weighted by molar-refractivity contribution is 7.29. The van der Waals surface area contributed by atoms with Crippen LogP contribution in [0.15, 0.2) is 67.3 Å². The fourth-order valence-electron chi connectivity index (χ4n) is 2.13. The molecule has 0 aliphatic carbocycles. The van der Waals surface area contributed by atoms with Crippen LogP contribution in [-0.4, -0.2) is 0 Å². The number of unbranched alkanes of at least 4 members (excludes halogenated alkanes) is 1. The number of rotatable bonds is 10. The fraction of sp³-hybridized carbons (Fsp3) is 0.333. The molecule has 1 nitrogen and oxygen atoms in total. The van der Waals surface area contributed by atoms with Gasteiger partial charge in [-0.05, 0) is 49.3 Å². The first-order chi connectivity index (χ1) is 11.7. The van der Waals surface area contributed by atoms with E-state index >= 15 is 0 Å². The van der Waals surface area contributed by atoms with Crippen LogP contribution < -0.4 is 5.09 Å². The van der Waals surface area contributed by atoms with E-state index in [9.17, 15) is 4.20 Å². The van der Waals surface area contributed by atoms with Gasteiger partial charge in [0.15, 0.2) is 9.04 Å². The van der Waals surface area contributed by atoms with Gasteiger partial charge in [0.1, 0.15) is 0 Å². The summed E-state index contributed by atoms with van der Waals surface area (Å²) in [6.07, 6.45) is 12.5. The van der Waals surface area contributed by atoms with Gasteiger partial charge < -0.3 is 5.09 Å². The Morgan fingerprint density at radius 3 is 2.42 bits per heavy atom. The highest BCUT2D eigenvalue weighted by atomic mass is 31.1. The third-order valence-electron chi connectivity index (χ3n) is 3.45. The number of aryl methyl sites for hydroxylation is 1. The molecule has 1 atom stereocenters. The van der Waals surface area contributed by atoms with Crippen molar-refractivity contribution in [2.24, 2.45) is 0 Å². The molecule has 1 aromatic carbocycles. The number of allylic oxidation sites excluding steroid dienone is 5. The highest BCUT2D eigenvalue weighted by Gasteiger charge is 1.99. The summed E-state index contributed by atoms with van der Waals surface area (Å²) in [4.78, 5) is 0. The van der Waals surface area contributed by atoms with Crippen molar-refractivity contribution in [1.82, 2.24) is 5.09 Å². The van der Waals surface area contributed by atoms with Crippen molar-refractivity contribution in [3.8, 4) is 0 Å². The van der Waals surface area contributed by atoms with Crippen molar-refractivity contribution >= 4 is 14.7 Å². The molecule has 132 valence electrons. The first-order valence-corrected chi connectivity index (χ1v) is 9.43. The summed E-state index contributed by atoms with van der Waals surface area (Å²) in [5.41, 5.74) is 4.16. The molecule has 0 saturated carbocycles. The lowest BCUT2D eigenvalue weighted by atomic mass is 10.0. The summed E-state index contributed by atoms with van der Waals surface area (Å²) in [5.74, 6) is 0. The van der Waals surface area contributed by atoms with Crippen LogP contribution in [0.25, 0.3) is 5.70 Å². The van der Waals surface area contributed by atoms with Crippen LogP contribution in [-0.2, 0) is 6.42 Å². The van der Waals surface area contributed by atoms with E-state index in [0.717, 1.165) is 31.2 Å². The summed E-state index contributed by atoms with van der Waals surface area (Å²) in [5, 5.41) is 2.61. The van der Waals surface area contributed by atoms with Gasteiger partial charge in [0.2, 0.25) is 0 Å². The van der Waals surface area contributed by atoms with E-state index in [-0.39, 0.29) is 0 Å². The lowest BCUT2D eigenvalue weighted by Crippen LogP contribution is -1.97. The molecule has 0 amide bonds. The molecule has 0 fully saturated rings. The molecular formula is C21H31FNP. The van der Waals surface area contributed by atoms with E-state index in [4.69, 9.17) is 0 Å². The summed E-state index contributed by atoms with van der Waals surface area (Å²) in [6.45, 7) is 13.7. The van der Waals surface area contributed by atoms with Gasteiger partial charge in [-0.3, -0.25) is 0 Å². The van der Waals surface area contributed by atoms with Crippen molar-refractivity contribution < 1.29 is 4.20 Å². The molecule has 1 unspecified atom stereocenters. The second kappa shape index (κ2) is 14.9. The molecule has 0 aliphatic rings. The zero-order valence-electron chi connectivity index (χ0n) is 15.2. The molecule has 1 N–H and O–H groups in total. The Balaban J connectivity index is 0.00000254. The van der Waals surface area contributed by atoms with Crippen LogP contribution in [0, 0.1) is 0 Å². The van der Waals surface area contributed by atoms with E-state index in [2.05, 4.69) is 42.5 Å². The van der Waals surface area contributed by atoms with E-state index in [1.165, 1.54) is 11.1 Å². The fourth-order valence-corrected chi connectivity index (χ4v) is 2.39. The first-order valence-electron chi connectivity index (χ1n) is 8.55. The van der Waals surface area contributed by atoms with E-state index in [0.29, 0.717) is 5.70 Å². The molecule has 0 saturated heterocycles. The molecule has 0 spiro atoms. The predicted molar refractivity (Wildman–Crippen MR) is 110 cm³/mol. The van der Waals surface area contributed by atoms with Crippen molar-refractivity contribution in [2.75, 3.05) is 0 Å². The lowest BCUT2D eigenvalue weighted by molar-refractivity contribution is 0.736. The normalized spacial score (nSPS) is 11.4. The SMILES string of the molecule is C=C/C(=C\C=C/C)CCCCc1ccc(C(=C)NPF)cc1.CC. The van der Waals surface area contributed by atoms with Crippen molar-refractivity contribution in [3.63, 3.8) is 0 Å². The van der Waals surface area contributed by atoms with Crippen LogP contribution >= 0.6 is 9.04 Å². The summed E-state index contributed by atoms with van der Waals surface area (Å²) in [7, 11) is -0.810. The van der Waals surface area contributed by atoms with Crippen LogP contribution in [0.5, 0.6) is 0 Å². The smallest absolute Gasteiger partial charge is 0.166 e. The molecule has 0 radical (unpaired) electrons. The Labute approximate surface area is 149 Å². The zero-order valence-corrected chi connectivity index (χ0v) is 16.2. The first kappa shape index (κ1) is 22.3. The number of hydrogen-bond donors (Lipinski definition) is 1. The van der Waals surface area contributed by atoms with Crippen LogP contribution in [0.1, 0.15) is 51.2 Å². The van der Waals surface area contributed by atoms with Gasteiger partial charge in [-0.2, -0.15) is 0 Å². The maximum Gasteiger partial charge on any atom is 0.166 e. The summed E-state index contributed by atoms with van der Waals surface area (Å²) >= 11 is 0. The van der Waals surface area contributed by atoms with Crippen LogP contribution in [0.2, 0.25) is 0 Å². The molecule has 1 rings (SSSR count). The molecular weight excluding hydrogens is 316 g/mol. The summed E-state index contributed by atoms with van der Waals surface area (Å²) < 4.78 is 12.2. The van der Waals surface area contributed by atoms with Gasteiger partial charge >= 0.3 is 0 Å². The largest absolute Gasteiger partial charge is 0.341 e.